The molecule has 172 valence electrons. The molecule has 4 amide bonds. The summed E-state index contributed by atoms with van der Waals surface area (Å²) in [6.45, 7) is 3.73. The van der Waals surface area contributed by atoms with Gasteiger partial charge in [0.1, 0.15) is 12.1 Å². The van der Waals surface area contributed by atoms with Crippen LogP contribution in [0.25, 0.3) is 0 Å². The molecule has 1 heterocycles. The van der Waals surface area contributed by atoms with Gasteiger partial charge < -0.3 is 21.3 Å². The maximum atomic E-state index is 13.0. The van der Waals surface area contributed by atoms with E-state index in [2.05, 4.69) is 10.6 Å². The van der Waals surface area contributed by atoms with Crippen molar-refractivity contribution < 1.29 is 22.8 Å². The molecule has 2 rings (SSSR count). The number of hydrogen-bond acceptors (Lipinski definition) is 5. The van der Waals surface area contributed by atoms with E-state index in [1.54, 1.807) is 0 Å². The molecule has 0 unspecified atom stereocenters. The number of amides is 4. The van der Waals surface area contributed by atoms with Crippen LogP contribution in [0.1, 0.15) is 52.4 Å². The van der Waals surface area contributed by atoms with E-state index in [1.165, 1.54) is 11.3 Å². The van der Waals surface area contributed by atoms with Crippen molar-refractivity contribution in [1.29, 1.82) is 0 Å². The Morgan fingerprint density at radius 3 is 2.23 bits per heavy atom. The Hall–Kier alpha value is -1.88. The Morgan fingerprint density at radius 2 is 1.70 bits per heavy atom. The van der Waals surface area contributed by atoms with E-state index < -0.39 is 33.9 Å². The van der Waals surface area contributed by atoms with Crippen LogP contribution >= 0.6 is 0 Å². The highest BCUT2D eigenvalue weighted by Crippen LogP contribution is 2.27. The van der Waals surface area contributed by atoms with Crippen molar-refractivity contribution in [2.45, 2.75) is 70.5 Å². The minimum atomic E-state index is -3.68. The van der Waals surface area contributed by atoms with Crippen molar-refractivity contribution in [3.05, 3.63) is 0 Å². The van der Waals surface area contributed by atoms with Crippen LogP contribution < -0.4 is 16.4 Å². The fourth-order valence-corrected chi connectivity index (χ4v) is 5.21. The molecule has 2 atom stereocenters. The molecule has 1 saturated carbocycles. The van der Waals surface area contributed by atoms with Gasteiger partial charge in [0.05, 0.1) is 6.26 Å². The summed E-state index contributed by atoms with van der Waals surface area (Å²) in [5.41, 5.74) is 5.52. The van der Waals surface area contributed by atoms with E-state index in [0.29, 0.717) is 12.3 Å². The maximum Gasteiger partial charge on any atom is 0.317 e. The number of primary amides is 1. The standard InChI is InChI=1S/C19H35N5O5S/c1-13(2)21-19(27)23-9-10-24(30(3,28)29)16(12-23)18(26)22-15(17(20)25)11-14-7-5-4-6-8-14/h13-16H,4-12H2,1-3H3,(H2,20,25)(H,21,27)(H,22,26)/t15-,16+/m0/s1. The van der Waals surface area contributed by atoms with Gasteiger partial charge in [0, 0.05) is 25.7 Å². The third-order valence-electron chi connectivity index (χ3n) is 5.71. The van der Waals surface area contributed by atoms with E-state index in [9.17, 15) is 22.8 Å². The first-order chi connectivity index (χ1) is 14.0. The summed E-state index contributed by atoms with van der Waals surface area (Å²) >= 11 is 0. The summed E-state index contributed by atoms with van der Waals surface area (Å²) in [6, 6.07) is -2.42. The molecule has 0 aromatic rings. The average Bonchev–Trinajstić information content (AvgIpc) is 2.66. The lowest BCUT2D eigenvalue weighted by Gasteiger charge is -2.39. The Kier molecular flexibility index (Phi) is 8.48. The molecule has 1 aliphatic heterocycles. The van der Waals surface area contributed by atoms with Crippen LogP contribution in [0.3, 0.4) is 0 Å². The van der Waals surface area contributed by atoms with E-state index in [-0.39, 0.29) is 31.7 Å². The highest BCUT2D eigenvalue weighted by molar-refractivity contribution is 7.88. The highest BCUT2D eigenvalue weighted by Gasteiger charge is 2.40. The average molecular weight is 446 g/mol. The lowest BCUT2D eigenvalue weighted by atomic mass is 9.84. The normalized spacial score (nSPS) is 22.5. The van der Waals surface area contributed by atoms with Crippen molar-refractivity contribution in [2.75, 3.05) is 25.9 Å². The van der Waals surface area contributed by atoms with Crippen LogP contribution in [0.15, 0.2) is 0 Å². The Morgan fingerprint density at radius 1 is 1.07 bits per heavy atom. The van der Waals surface area contributed by atoms with E-state index in [0.717, 1.165) is 36.2 Å². The summed E-state index contributed by atoms with van der Waals surface area (Å²) in [5, 5.41) is 5.41. The van der Waals surface area contributed by atoms with Gasteiger partial charge in [-0.25, -0.2) is 13.2 Å². The lowest BCUT2D eigenvalue weighted by Crippen LogP contribution is -2.64. The Labute approximate surface area is 179 Å². The van der Waals surface area contributed by atoms with Crippen LogP contribution in [-0.2, 0) is 19.6 Å². The number of nitrogens with zero attached hydrogens (tertiary/aromatic N) is 2. The zero-order valence-corrected chi connectivity index (χ0v) is 18.9. The zero-order chi connectivity index (χ0) is 22.5. The zero-order valence-electron chi connectivity index (χ0n) is 18.1. The molecule has 1 aliphatic carbocycles. The molecular formula is C19H35N5O5S. The molecular weight excluding hydrogens is 410 g/mol. The number of hydrogen-bond donors (Lipinski definition) is 3. The molecule has 0 radical (unpaired) electrons. The third kappa shape index (κ3) is 6.83. The highest BCUT2D eigenvalue weighted by atomic mass is 32.2. The maximum absolute atomic E-state index is 13.0. The van der Waals surface area contributed by atoms with Gasteiger partial charge in [-0.15, -0.1) is 0 Å². The van der Waals surface area contributed by atoms with Crippen molar-refractivity contribution in [3.8, 4) is 0 Å². The SMILES string of the molecule is CC(C)NC(=O)N1CCN(S(C)(=O)=O)[C@@H](C(=O)N[C@@H](CC2CCCCC2)C(N)=O)C1. The first-order valence-corrected chi connectivity index (χ1v) is 12.5. The third-order valence-corrected chi connectivity index (χ3v) is 7.00. The van der Waals surface area contributed by atoms with Gasteiger partial charge in [-0.1, -0.05) is 32.1 Å². The quantitative estimate of drug-likeness (QED) is 0.505. The first kappa shape index (κ1) is 24.4. The molecule has 4 N–H and O–H groups in total. The molecule has 0 spiro atoms. The molecule has 1 saturated heterocycles. The lowest BCUT2D eigenvalue weighted by molar-refractivity contribution is -0.131. The van der Waals surface area contributed by atoms with Gasteiger partial charge in [0.2, 0.25) is 21.8 Å². The smallest absolute Gasteiger partial charge is 0.317 e. The second-order valence-corrected chi connectivity index (χ2v) is 10.6. The van der Waals surface area contributed by atoms with Crippen molar-refractivity contribution in [1.82, 2.24) is 19.8 Å². The molecule has 10 nitrogen and oxygen atoms in total. The van der Waals surface area contributed by atoms with Crippen LogP contribution in [0.2, 0.25) is 0 Å². The van der Waals surface area contributed by atoms with Gasteiger partial charge in [-0.3, -0.25) is 9.59 Å². The number of nitrogens with two attached hydrogens (primary N) is 1. The Bertz CT molecular complexity index is 736. The van der Waals surface area contributed by atoms with Crippen LogP contribution in [0, 0.1) is 5.92 Å². The van der Waals surface area contributed by atoms with Crippen molar-refractivity contribution >= 4 is 27.9 Å². The van der Waals surface area contributed by atoms with Gasteiger partial charge >= 0.3 is 6.03 Å². The van der Waals surface area contributed by atoms with Gasteiger partial charge in [-0.2, -0.15) is 4.31 Å². The summed E-state index contributed by atoms with van der Waals surface area (Å²) in [5.74, 6) is -0.936. The number of sulfonamides is 1. The molecule has 0 bridgehead atoms. The van der Waals surface area contributed by atoms with Crippen LogP contribution in [-0.4, -0.2) is 79.5 Å². The molecule has 2 fully saturated rings. The predicted octanol–water partition coefficient (Wildman–Crippen LogP) is -0.00930. The first-order valence-electron chi connectivity index (χ1n) is 10.6. The van der Waals surface area contributed by atoms with Gasteiger partial charge in [0.25, 0.3) is 0 Å². The summed E-state index contributed by atoms with van der Waals surface area (Å²) in [7, 11) is -3.68. The number of piperazine rings is 1. The largest absolute Gasteiger partial charge is 0.368 e. The minimum Gasteiger partial charge on any atom is -0.368 e. The second kappa shape index (κ2) is 10.4. The van der Waals surface area contributed by atoms with Crippen LogP contribution in [0.4, 0.5) is 4.79 Å². The topological polar surface area (TPSA) is 142 Å². The number of nitrogens with one attached hydrogen (secondary N) is 2. The molecule has 0 aromatic heterocycles. The summed E-state index contributed by atoms with van der Waals surface area (Å²) in [4.78, 5) is 38.8. The molecule has 30 heavy (non-hydrogen) atoms. The molecule has 2 aliphatic rings. The van der Waals surface area contributed by atoms with Crippen LogP contribution in [0.5, 0.6) is 0 Å². The van der Waals surface area contributed by atoms with E-state index >= 15 is 0 Å². The number of carbonyl (C=O) groups is 3. The number of urea groups is 1. The van der Waals surface area contributed by atoms with Gasteiger partial charge in [-0.05, 0) is 26.2 Å². The Balaban J connectivity index is 2.13. The summed E-state index contributed by atoms with van der Waals surface area (Å²) < 4.78 is 25.5. The van der Waals surface area contributed by atoms with Crippen molar-refractivity contribution in [2.24, 2.45) is 11.7 Å². The minimum absolute atomic E-state index is 0.00625. The second-order valence-electron chi connectivity index (χ2n) is 8.64. The number of carbonyl (C=O) groups excluding carboxylic acids is 3. The molecule has 0 aromatic carbocycles. The molecule has 11 heteroatoms. The predicted molar refractivity (Wildman–Crippen MR) is 113 cm³/mol. The monoisotopic (exact) mass is 445 g/mol. The van der Waals surface area contributed by atoms with Gasteiger partial charge in [0.15, 0.2) is 0 Å². The fraction of sp³-hybridized carbons (Fsp3) is 0.842. The van der Waals surface area contributed by atoms with Crippen molar-refractivity contribution in [3.63, 3.8) is 0 Å². The van der Waals surface area contributed by atoms with E-state index in [1.807, 2.05) is 13.8 Å². The summed E-state index contributed by atoms with van der Waals surface area (Å²) in [6.07, 6.45) is 6.81. The fourth-order valence-electron chi connectivity index (χ4n) is 4.17. The number of rotatable bonds is 7. The van der Waals surface area contributed by atoms with E-state index in [4.69, 9.17) is 5.73 Å².